The van der Waals surface area contributed by atoms with Crippen molar-refractivity contribution < 1.29 is 9.47 Å². The van der Waals surface area contributed by atoms with Gasteiger partial charge in [-0.1, -0.05) is 78.4 Å². The number of nitrogens with zero attached hydrogens (tertiary/aromatic N) is 1. The molecule has 1 aromatic heterocycles. The molecular weight excluding hydrogens is 384 g/mol. The first kappa shape index (κ1) is 20.6. The summed E-state index contributed by atoms with van der Waals surface area (Å²) in [5.41, 5.74) is 12.2. The second-order valence-corrected chi connectivity index (χ2v) is 7.46. The lowest BCUT2D eigenvalue weighted by Crippen LogP contribution is -2.03. The van der Waals surface area contributed by atoms with E-state index in [9.17, 15) is 0 Å². The van der Waals surface area contributed by atoms with Crippen LogP contribution in [0.4, 0.5) is 0 Å². The van der Waals surface area contributed by atoms with Crippen molar-refractivity contribution in [3.05, 3.63) is 113 Å². The molecule has 0 spiro atoms. The lowest BCUT2D eigenvalue weighted by atomic mass is 10.0. The molecule has 31 heavy (non-hydrogen) atoms. The van der Waals surface area contributed by atoms with Gasteiger partial charge in [0.25, 0.3) is 0 Å². The molecule has 2 N–H and O–H groups in total. The van der Waals surface area contributed by atoms with Gasteiger partial charge in [-0.2, -0.15) is 4.98 Å². The molecule has 0 saturated carbocycles. The maximum Gasteiger partial charge on any atom is 0.225 e. The fraction of sp³-hybridized carbons (Fsp3) is 0.148. The second kappa shape index (κ2) is 9.92. The standard InChI is InChI=1S/C27H26N2O2/c1-20-14-23(17-28)16-24(15-20)25-12-13-26(30-18-21-8-4-2-5-9-21)29-27(25)31-19-22-10-6-3-7-11-22/h2-16H,17-19,28H2,1H3. The third-order valence-corrected chi connectivity index (χ3v) is 4.97. The minimum absolute atomic E-state index is 0.429. The Hall–Kier alpha value is -3.63. The summed E-state index contributed by atoms with van der Waals surface area (Å²) in [6.45, 7) is 3.43. The Morgan fingerprint density at radius 1 is 0.710 bits per heavy atom. The molecular formula is C27H26N2O2. The quantitative estimate of drug-likeness (QED) is 0.406. The van der Waals surface area contributed by atoms with E-state index in [-0.39, 0.29) is 0 Å². The van der Waals surface area contributed by atoms with E-state index in [2.05, 4.69) is 30.1 Å². The van der Waals surface area contributed by atoms with Crippen LogP contribution in [-0.4, -0.2) is 4.98 Å². The molecule has 4 aromatic rings. The Balaban J connectivity index is 1.63. The molecule has 0 aliphatic carbocycles. The van der Waals surface area contributed by atoms with Gasteiger partial charge in [-0.05, 0) is 41.3 Å². The van der Waals surface area contributed by atoms with Crippen molar-refractivity contribution in [3.8, 4) is 22.9 Å². The van der Waals surface area contributed by atoms with Gasteiger partial charge in [-0.15, -0.1) is 0 Å². The van der Waals surface area contributed by atoms with Crippen LogP contribution in [0.3, 0.4) is 0 Å². The van der Waals surface area contributed by atoms with Gasteiger partial charge in [0.05, 0.1) is 0 Å². The van der Waals surface area contributed by atoms with Gasteiger partial charge in [0.2, 0.25) is 11.8 Å². The fourth-order valence-electron chi connectivity index (χ4n) is 3.43. The van der Waals surface area contributed by atoms with Crippen LogP contribution in [0, 0.1) is 6.92 Å². The van der Waals surface area contributed by atoms with Crippen molar-refractivity contribution in [1.29, 1.82) is 0 Å². The third kappa shape index (κ3) is 5.50. The number of ether oxygens (including phenoxy) is 2. The predicted octanol–water partition coefficient (Wildman–Crippen LogP) is 5.67. The number of hydrogen-bond donors (Lipinski definition) is 1. The van der Waals surface area contributed by atoms with Crippen LogP contribution < -0.4 is 15.2 Å². The first-order valence-electron chi connectivity index (χ1n) is 10.4. The van der Waals surface area contributed by atoms with E-state index in [0.29, 0.717) is 31.5 Å². The minimum atomic E-state index is 0.429. The number of pyridine rings is 1. The van der Waals surface area contributed by atoms with E-state index in [1.165, 1.54) is 0 Å². The zero-order valence-electron chi connectivity index (χ0n) is 17.6. The van der Waals surface area contributed by atoms with Gasteiger partial charge in [-0.3, -0.25) is 0 Å². The molecule has 4 nitrogen and oxygen atoms in total. The van der Waals surface area contributed by atoms with Gasteiger partial charge in [0.1, 0.15) is 13.2 Å². The molecule has 156 valence electrons. The van der Waals surface area contributed by atoms with Gasteiger partial charge >= 0.3 is 0 Å². The molecule has 0 bridgehead atoms. The van der Waals surface area contributed by atoms with Crippen molar-refractivity contribution in [2.45, 2.75) is 26.7 Å². The second-order valence-electron chi connectivity index (χ2n) is 7.46. The summed E-state index contributed by atoms with van der Waals surface area (Å²) < 4.78 is 12.1. The highest BCUT2D eigenvalue weighted by molar-refractivity contribution is 5.70. The number of hydrogen-bond acceptors (Lipinski definition) is 4. The predicted molar refractivity (Wildman–Crippen MR) is 124 cm³/mol. The van der Waals surface area contributed by atoms with Crippen molar-refractivity contribution in [1.82, 2.24) is 4.98 Å². The zero-order valence-corrected chi connectivity index (χ0v) is 17.6. The molecule has 0 aliphatic heterocycles. The molecule has 0 atom stereocenters. The van der Waals surface area contributed by atoms with E-state index in [4.69, 9.17) is 15.2 Å². The molecule has 0 radical (unpaired) electrons. The van der Waals surface area contributed by atoms with E-state index in [1.807, 2.05) is 72.8 Å². The SMILES string of the molecule is Cc1cc(CN)cc(-c2ccc(OCc3ccccc3)nc2OCc2ccccc2)c1. The first-order valence-corrected chi connectivity index (χ1v) is 10.4. The molecule has 0 unspecified atom stereocenters. The van der Waals surface area contributed by atoms with Gasteiger partial charge in [0, 0.05) is 18.2 Å². The average Bonchev–Trinajstić information content (AvgIpc) is 2.82. The number of rotatable bonds is 8. The van der Waals surface area contributed by atoms with E-state index in [1.54, 1.807) is 0 Å². The maximum absolute atomic E-state index is 6.16. The summed E-state index contributed by atoms with van der Waals surface area (Å²) >= 11 is 0. The number of aryl methyl sites for hydroxylation is 1. The smallest absolute Gasteiger partial charge is 0.225 e. The van der Waals surface area contributed by atoms with E-state index in [0.717, 1.165) is 33.4 Å². The van der Waals surface area contributed by atoms with Gasteiger partial charge < -0.3 is 15.2 Å². The molecule has 1 heterocycles. The summed E-state index contributed by atoms with van der Waals surface area (Å²) in [6, 6.07) is 30.3. The molecule has 0 saturated heterocycles. The van der Waals surface area contributed by atoms with Gasteiger partial charge in [-0.25, -0.2) is 0 Å². The molecule has 3 aromatic carbocycles. The first-order chi connectivity index (χ1) is 15.2. The zero-order chi connectivity index (χ0) is 21.5. The molecule has 0 fully saturated rings. The Bertz CT molecular complexity index is 1130. The third-order valence-electron chi connectivity index (χ3n) is 4.97. The number of nitrogens with two attached hydrogens (primary N) is 1. The lowest BCUT2D eigenvalue weighted by Gasteiger charge is -2.14. The summed E-state index contributed by atoms with van der Waals surface area (Å²) in [5.74, 6) is 1.07. The fourth-order valence-corrected chi connectivity index (χ4v) is 3.43. The summed E-state index contributed by atoms with van der Waals surface area (Å²) in [7, 11) is 0. The monoisotopic (exact) mass is 410 g/mol. The molecule has 4 heteroatoms. The highest BCUT2D eigenvalue weighted by atomic mass is 16.5. The maximum atomic E-state index is 6.16. The highest BCUT2D eigenvalue weighted by Crippen LogP contribution is 2.32. The molecule has 0 amide bonds. The van der Waals surface area contributed by atoms with Crippen LogP contribution in [0.25, 0.3) is 11.1 Å². The van der Waals surface area contributed by atoms with Gasteiger partial charge in [0.15, 0.2) is 0 Å². The Kier molecular flexibility index (Phi) is 6.60. The van der Waals surface area contributed by atoms with Crippen molar-refractivity contribution in [2.24, 2.45) is 5.73 Å². The number of benzene rings is 3. The normalized spacial score (nSPS) is 10.6. The topological polar surface area (TPSA) is 57.4 Å². The summed E-state index contributed by atoms with van der Waals surface area (Å²) in [5, 5.41) is 0. The van der Waals surface area contributed by atoms with Crippen LogP contribution in [0.5, 0.6) is 11.8 Å². The number of aromatic nitrogens is 1. The van der Waals surface area contributed by atoms with Crippen LogP contribution >= 0.6 is 0 Å². The van der Waals surface area contributed by atoms with Crippen LogP contribution in [-0.2, 0) is 19.8 Å². The van der Waals surface area contributed by atoms with Crippen molar-refractivity contribution >= 4 is 0 Å². The average molecular weight is 411 g/mol. The largest absolute Gasteiger partial charge is 0.473 e. The Morgan fingerprint density at radius 2 is 1.35 bits per heavy atom. The molecule has 4 rings (SSSR count). The van der Waals surface area contributed by atoms with Crippen molar-refractivity contribution in [2.75, 3.05) is 0 Å². The van der Waals surface area contributed by atoms with E-state index < -0.39 is 0 Å². The summed E-state index contributed by atoms with van der Waals surface area (Å²) in [4.78, 5) is 4.69. The minimum Gasteiger partial charge on any atom is -0.473 e. The van der Waals surface area contributed by atoms with Crippen molar-refractivity contribution in [3.63, 3.8) is 0 Å². The highest BCUT2D eigenvalue weighted by Gasteiger charge is 2.12. The summed E-state index contributed by atoms with van der Waals surface area (Å²) in [6.07, 6.45) is 0. The van der Waals surface area contributed by atoms with Crippen LogP contribution in [0.15, 0.2) is 91.0 Å². The molecule has 0 aliphatic rings. The Labute approximate surface area is 183 Å². The lowest BCUT2D eigenvalue weighted by molar-refractivity contribution is 0.268. The van der Waals surface area contributed by atoms with E-state index >= 15 is 0 Å². The Morgan fingerprint density at radius 3 is 2.00 bits per heavy atom. The van der Waals surface area contributed by atoms with Crippen LogP contribution in [0.2, 0.25) is 0 Å². The van der Waals surface area contributed by atoms with Crippen LogP contribution in [0.1, 0.15) is 22.3 Å².